The van der Waals surface area contributed by atoms with Gasteiger partial charge in [-0.25, -0.2) is 4.39 Å². The molecule has 3 aromatic carbocycles. The zero-order valence-electron chi connectivity index (χ0n) is 20.6. The average molecular weight is 513 g/mol. The fourth-order valence-electron chi connectivity index (χ4n) is 4.54. The Balaban J connectivity index is 1.48. The first-order valence-corrected chi connectivity index (χ1v) is 12.6. The molecule has 0 saturated carbocycles. The number of Topliss-reactive ketones (excluding diaryl/α,β-unsaturated/α-hetero) is 1. The largest absolute Gasteiger partial charge is 0.385 e. The number of benzene rings is 3. The van der Waals surface area contributed by atoms with E-state index in [1.807, 2.05) is 74.5 Å². The van der Waals surface area contributed by atoms with E-state index in [1.165, 1.54) is 6.07 Å². The molecule has 1 aliphatic rings. The SMILES string of the molecule is Cc1ccc(-c2cc(C(=O)C[C@H](C)c3ccc(Cl)cc3)cc(C3=NOC(c4ccccn4)C3)c2)c(F)c1. The summed E-state index contributed by atoms with van der Waals surface area (Å²) in [6.07, 6.45) is 2.22. The van der Waals surface area contributed by atoms with Crippen LogP contribution >= 0.6 is 11.6 Å². The summed E-state index contributed by atoms with van der Waals surface area (Å²) in [5.41, 5.74) is 5.66. The molecule has 6 heteroatoms. The highest BCUT2D eigenvalue weighted by Gasteiger charge is 2.26. The summed E-state index contributed by atoms with van der Waals surface area (Å²) < 4.78 is 15.0. The number of aryl methyl sites for hydroxylation is 1. The van der Waals surface area contributed by atoms with Gasteiger partial charge in [0.2, 0.25) is 0 Å². The molecule has 5 rings (SSSR count). The van der Waals surface area contributed by atoms with Crippen LogP contribution in [-0.4, -0.2) is 16.5 Å². The summed E-state index contributed by atoms with van der Waals surface area (Å²) in [4.78, 5) is 23.5. The van der Waals surface area contributed by atoms with Gasteiger partial charge in [-0.3, -0.25) is 9.78 Å². The number of hydrogen-bond acceptors (Lipinski definition) is 4. The summed E-state index contributed by atoms with van der Waals surface area (Å²) in [6, 6.07) is 23.8. The number of oxime groups is 1. The number of pyridine rings is 1. The molecule has 0 radical (unpaired) electrons. The lowest BCUT2D eigenvalue weighted by Gasteiger charge is -2.14. The van der Waals surface area contributed by atoms with E-state index < -0.39 is 0 Å². The van der Waals surface area contributed by atoms with Crippen molar-refractivity contribution in [3.8, 4) is 11.1 Å². The van der Waals surface area contributed by atoms with E-state index in [0.29, 0.717) is 40.3 Å². The zero-order valence-corrected chi connectivity index (χ0v) is 21.4. The van der Waals surface area contributed by atoms with Crippen LogP contribution < -0.4 is 0 Å². The third kappa shape index (κ3) is 5.62. The van der Waals surface area contributed by atoms with Crippen LogP contribution in [0, 0.1) is 12.7 Å². The second-order valence-electron chi connectivity index (χ2n) is 9.45. The number of hydrogen-bond donors (Lipinski definition) is 0. The number of nitrogens with zero attached hydrogens (tertiary/aromatic N) is 2. The van der Waals surface area contributed by atoms with Crippen LogP contribution in [0.4, 0.5) is 4.39 Å². The monoisotopic (exact) mass is 512 g/mol. The second kappa shape index (κ2) is 10.7. The molecule has 0 N–H and O–H groups in total. The molecule has 1 aromatic heterocycles. The van der Waals surface area contributed by atoms with Crippen molar-refractivity contribution < 1.29 is 14.0 Å². The van der Waals surface area contributed by atoms with E-state index in [9.17, 15) is 9.18 Å². The fraction of sp³-hybridized carbons (Fsp3) is 0.194. The fourth-order valence-corrected chi connectivity index (χ4v) is 4.67. The normalized spacial score (nSPS) is 15.7. The predicted octanol–water partition coefficient (Wildman–Crippen LogP) is 8.09. The second-order valence-corrected chi connectivity index (χ2v) is 9.89. The van der Waals surface area contributed by atoms with Crippen molar-refractivity contribution in [1.29, 1.82) is 0 Å². The number of halogens is 2. The molecular formula is C31H26ClFN2O2. The standard InChI is InChI=1S/C31H26ClFN2O2/c1-19-6-11-26(27(33)13-19)22-15-23(29-18-31(37-35-29)28-5-3-4-12-34-28)17-24(16-22)30(36)14-20(2)21-7-9-25(32)10-8-21/h3-13,15-17,20,31H,14,18H2,1-2H3/t20-,31?/m0/s1. The summed E-state index contributed by atoms with van der Waals surface area (Å²) in [5.74, 6) is -0.367. The summed E-state index contributed by atoms with van der Waals surface area (Å²) in [6.45, 7) is 3.86. The van der Waals surface area contributed by atoms with Crippen molar-refractivity contribution in [2.24, 2.45) is 5.16 Å². The summed E-state index contributed by atoms with van der Waals surface area (Å²) in [7, 11) is 0. The van der Waals surface area contributed by atoms with Gasteiger partial charge in [-0.2, -0.15) is 0 Å². The third-order valence-electron chi connectivity index (χ3n) is 6.64. The lowest BCUT2D eigenvalue weighted by molar-refractivity contribution is 0.0826. The van der Waals surface area contributed by atoms with E-state index in [-0.39, 0.29) is 23.6 Å². The van der Waals surface area contributed by atoms with E-state index in [2.05, 4.69) is 10.1 Å². The maximum Gasteiger partial charge on any atom is 0.174 e. The van der Waals surface area contributed by atoms with Gasteiger partial charge in [0.1, 0.15) is 5.82 Å². The number of rotatable bonds is 7. The van der Waals surface area contributed by atoms with Crippen LogP contribution in [0.1, 0.15) is 64.5 Å². The Bertz CT molecular complexity index is 1470. The van der Waals surface area contributed by atoms with Gasteiger partial charge in [0.15, 0.2) is 11.9 Å². The minimum atomic E-state index is -0.332. The topological polar surface area (TPSA) is 51.5 Å². The Kier molecular flexibility index (Phi) is 7.15. The zero-order chi connectivity index (χ0) is 25.9. The lowest BCUT2D eigenvalue weighted by Crippen LogP contribution is -2.08. The van der Waals surface area contributed by atoms with Crippen molar-refractivity contribution in [3.05, 3.63) is 124 Å². The number of ketones is 1. The van der Waals surface area contributed by atoms with Crippen molar-refractivity contribution in [2.45, 2.75) is 38.7 Å². The summed E-state index contributed by atoms with van der Waals surface area (Å²) in [5, 5.41) is 4.97. The molecule has 4 aromatic rings. The van der Waals surface area contributed by atoms with Crippen molar-refractivity contribution >= 4 is 23.1 Å². The minimum absolute atomic E-state index is 0.00586. The van der Waals surface area contributed by atoms with Crippen LogP contribution in [0.15, 0.2) is 90.2 Å². The van der Waals surface area contributed by atoms with Crippen LogP contribution in [0.25, 0.3) is 11.1 Å². The average Bonchev–Trinajstić information content (AvgIpc) is 3.40. The highest BCUT2D eigenvalue weighted by atomic mass is 35.5. The Morgan fingerprint density at radius 2 is 1.84 bits per heavy atom. The molecule has 0 aliphatic carbocycles. The summed E-state index contributed by atoms with van der Waals surface area (Å²) >= 11 is 6.02. The molecule has 37 heavy (non-hydrogen) atoms. The molecule has 186 valence electrons. The predicted molar refractivity (Wildman–Crippen MR) is 145 cm³/mol. The van der Waals surface area contributed by atoms with Gasteiger partial charge in [0, 0.05) is 40.8 Å². The molecule has 0 fully saturated rings. The molecule has 0 saturated heterocycles. The third-order valence-corrected chi connectivity index (χ3v) is 6.89. The van der Waals surface area contributed by atoms with Gasteiger partial charge in [0.05, 0.1) is 11.4 Å². The molecule has 1 aliphatic heterocycles. The van der Waals surface area contributed by atoms with Crippen LogP contribution in [-0.2, 0) is 4.84 Å². The molecule has 0 amide bonds. The van der Waals surface area contributed by atoms with Crippen molar-refractivity contribution in [2.75, 3.05) is 0 Å². The van der Waals surface area contributed by atoms with E-state index in [4.69, 9.17) is 16.4 Å². The van der Waals surface area contributed by atoms with Crippen LogP contribution in [0.5, 0.6) is 0 Å². The highest BCUT2D eigenvalue weighted by Crippen LogP contribution is 2.33. The molecular weight excluding hydrogens is 487 g/mol. The molecule has 2 atom stereocenters. The van der Waals surface area contributed by atoms with Gasteiger partial charge in [0.25, 0.3) is 0 Å². The van der Waals surface area contributed by atoms with Crippen LogP contribution in [0.3, 0.4) is 0 Å². The number of aromatic nitrogens is 1. The maximum absolute atomic E-state index is 15.0. The van der Waals surface area contributed by atoms with Gasteiger partial charge >= 0.3 is 0 Å². The molecule has 4 nitrogen and oxygen atoms in total. The number of carbonyl (C=O) groups is 1. The van der Waals surface area contributed by atoms with Gasteiger partial charge < -0.3 is 4.84 Å². The molecule has 0 bridgehead atoms. The van der Waals surface area contributed by atoms with E-state index in [0.717, 1.165) is 22.4 Å². The molecule has 0 spiro atoms. The Hall–Kier alpha value is -3.83. The lowest BCUT2D eigenvalue weighted by atomic mass is 9.89. The minimum Gasteiger partial charge on any atom is -0.385 e. The first kappa shape index (κ1) is 24.8. The molecule has 1 unspecified atom stereocenters. The maximum atomic E-state index is 15.0. The van der Waals surface area contributed by atoms with Crippen molar-refractivity contribution in [1.82, 2.24) is 4.98 Å². The van der Waals surface area contributed by atoms with E-state index >= 15 is 0 Å². The van der Waals surface area contributed by atoms with E-state index in [1.54, 1.807) is 18.3 Å². The van der Waals surface area contributed by atoms with Crippen molar-refractivity contribution in [3.63, 3.8) is 0 Å². The number of carbonyl (C=O) groups excluding carboxylic acids is 1. The highest BCUT2D eigenvalue weighted by molar-refractivity contribution is 6.30. The van der Waals surface area contributed by atoms with Gasteiger partial charge in [-0.15, -0.1) is 0 Å². The molecule has 2 heterocycles. The van der Waals surface area contributed by atoms with Crippen LogP contribution in [0.2, 0.25) is 5.02 Å². The Morgan fingerprint density at radius 1 is 1.05 bits per heavy atom. The van der Waals surface area contributed by atoms with Gasteiger partial charge in [-0.1, -0.05) is 54.0 Å². The quantitative estimate of drug-likeness (QED) is 0.235. The smallest absolute Gasteiger partial charge is 0.174 e. The van der Waals surface area contributed by atoms with Gasteiger partial charge in [-0.05, 0) is 78.1 Å². The first-order valence-electron chi connectivity index (χ1n) is 12.2. The Labute approximate surface area is 220 Å². The Morgan fingerprint density at radius 3 is 2.57 bits per heavy atom. The first-order chi connectivity index (χ1) is 17.9.